The Kier molecular flexibility index (Phi) is 4.71. The minimum Gasteiger partial charge on any atom is -0.394 e. The average molecular weight is 352 g/mol. The Labute approximate surface area is 152 Å². The van der Waals surface area contributed by atoms with E-state index in [1.54, 1.807) is 0 Å². The lowest BCUT2D eigenvalue weighted by Crippen LogP contribution is -2.24. The monoisotopic (exact) mass is 352 g/mol. The average Bonchev–Trinajstić information content (AvgIpc) is 3.44. The molecule has 2 aromatic heterocycles. The number of aliphatic hydroxyl groups is 1. The van der Waals surface area contributed by atoms with Crippen LogP contribution < -0.4 is 10.6 Å². The van der Waals surface area contributed by atoms with Crippen molar-refractivity contribution in [2.45, 2.75) is 44.7 Å². The minimum atomic E-state index is -0.0252. The predicted molar refractivity (Wildman–Crippen MR) is 101 cm³/mol. The van der Waals surface area contributed by atoms with Crippen molar-refractivity contribution >= 4 is 17.2 Å². The maximum Gasteiger partial charge on any atom is 0.201 e. The summed E-state index contributed by atoms with van der Waals surface area (Å²) in [5.41, 5.74) is 2.82. The van der Waals surface area contributed by atoms with Crippen molar-refractivity contribution in [3.8, 4) is 0 Å². The first-order chi connectivity index (χ1) is 12.8. The van der Waals surface area contributed by atoms with Crippen LogP contribution in [-0.2, 0) is 6.54 Å². The Morgan fingerprint density at radius 1 is 1.23 bits per heavy atom. The van der Waals surface area contributed by atoms with E-state index in [4.69, 9.17) is 0 Å². The van der Waals surface area contributed by atoms with Crippen LogP contribution in [0.3, 0.4) is 0 Å². The van der Waals surface area contributed by atoms with Crippen molar-refractivity contribution < 1.29 is 5.11 Å². The Balaban J connectivity index is 1.67. The van der Waals surface area contributed by atoms with Crippen molar-refractivity contribution in [2.24, 2.45) is 0 Å². The molecule has 1 atom stereocenters. The fraction of sp³-hybridized carbons (Fsp3) is 0.421. The van der Waals surface area contributed by atoms with E-state index in [9.17, 15) is 5.11 Å². The second-order valence-electron chi connectivity index (χ2n) is 6.78. The van der Waals surface area contributed by atoms with Crippen LogP contribution in [0, 0.1) is 0 Å². The van der Waals surface area contributed by atoms with E-state index in [0.29, 0.717) is 12.5 Å². The van der Waals surface area contributed by atoms with Gasteiger partial charge in [-0.1, -0.05) is 37.3 Å². The SMILES string of the molecule is CC[C@H](CO)Nc1cc(NCc2ccccc2)c2nnc(C3CC3)n2n1. The van der Waals surface area contributed by atoms with Crippen LogP contribution in [0.15, 0.2) is 36.4 Å². The van der Waals surface area contributed by atoms with Gasteiger partial charge in [0, 0.05) is 18.5 Å². The van der Waals surface area contributed by atoms with Gasteiger partial charge in [0.15, 0.2) is 5.82 Å². The van der Waals surface area contributed by atoms with Crippen LogP contribution >= 0.6 is 0 Å². The van der Waals surface area contributed by atoms with Crippen LogP contribution in [0.5, 0.6) is 0 Å². The van der Waals surface area contributed by atoms with Gasteiger partial charge in [-0.25, -0.2) is 0 Å². The summed E-state index contributed by atoms with van der Waals surface area (Å²) in [6, 6.07) is 12.2. The summed E-state index contributed by atoms with van der Waals surface area (Å²) < 4.78 is 1.84. The molecule has 3 aromatic rings. The van der Waals surface area contributed by atoms with Crippen molar-refractivity contribution in [1.29, 1.82) is 0 Å². The van der Waals surface area contributed by atoms with Crippen LogP contribution in [0.25, 0.3) is 5.65 Å². The Bertz CT molecular complexity index is 870. The van der Waals surface area contributed by atoms with Crippen molar-refractivity contribution in [2.75, 3.05) is 17.2 Å². The zero-order chi connectivity index (χ0) is 17.9. The molecule has 7 heteroatoms. The lowest BCUT2D eigenvalue weighted by molar-refractivity contribution is 0.271. The fourth-order valence-electron chi connectivity index (χ4n) is 2.97. The van der Waals surface area contributed by atoms with Crippen LogP contribution in [0.4, 0.5) is 11.5 Å². The standard InChI is InChI=1S/C19H24N6O/c1-2-15(12-26)21-17-10-16(20-11-13-6-4-3-5-7-13)19-23-22-18(14-8-9-14)25(19)24-17/h3-7,10,14-15,20,26H,2,8-9,11-12H2,1H3,(H,21,24)/t15-/m1/s1. The Morgan fingerprint density at radius 3 is 2.73 bits per heavy atom. The number of nitrogens with one attached hydrogen (secondary N) is 2. The smallest absolute Gasteiger partial charge is 0.201 e. The van der Waals surface area contributed by atoms with Crippen molar-refractivity contribution in [3.05, 3.63) is 47.8 Å². The molecule has 1 fully saturated rings. The molecule has 26 heavy (non-hydrogen) atoms. The third kappa shape index (κ3) is 3.48. The fourth-order valence-corrected chi connectivity index (χ4v) is 2.97. The zero-order valence-corrected chi connectivity index (χ0v) is 14.9. The molecular weight excluding hydrogens is 328 g/mol. The Morgan fingerprint density at radius 2 is 2.04 bits per heavy atom. The molecule has 0 radical (unpaired) electrons. The second-order valence-corrected chi connectivity index (χ2v) is 6.78. The predicted octanol–water partition coefficient (Wildman–Crippen LogP) is 2.80. The summed E-state index contributed by atoms with van der Waals surface area (Å²) in [7, 11) is 0. The third-order valence-electron chi connectivity index (χ3n) is 4.73. The van der Waals surface area contributed by atoms with Gasteiger partial charge in [-0.05, 0) is 24.8 Å². The molecule has 0 bridgehead atoms. The van der Waals surface area contributed by atoms with Gasteiger partial charge in [0.2, 0.25) is 5.65 Å². The van der Waals surface area contributed by atoms with E-state index < -0.39 is 0 Å². The van der Waals surface area contributed by atoms with E-state index >= 15 is 0 Å². The molecular formula is C19H24N6O. The summed E-state index contributed by atoms with van der Waals surface area (Å²) in [5, 5.41) is 29.7. The molecule has 0 saturated heterocycles. The van der Waals surface area contributed by atoms with E-state index in [2.05, 4.69) is 38.1 Å². The summed E-state index contributed by atoms with van der Waals surface area (Å²) in [6.45, 7) is 2.80. The number of fused-ring (bicyclic) bond motifs is 1. The van der Waals surface area contributed by atoms with Gasteiger partial charge in [-0.2, -0.15) is 4.52 Å². The van der Waals surface area contributed by atoms with Crippen LogP contribution in [-0.4, -0.2) is 37.6 Å². The van der Waals surface area contributed by atoms with Gasteiger partial charge in [0.25, 0.3) is 0 Å². The largest absolute Gasteiger partial charge is 0.394 e. The first kappa shape index (κ1) is 16.8. The number of hydrogen-bond acceptors (Lipinski definition) is 6. The lowest BCUT2D eigenvalue weighted by atomic mass is 10.2. The van der Waals surface area contributed by atoms with Crippen molar-refractivity contribution in [3.63, 3.8) is 0 Å². The first-order valence-electron chi connectivity index (χ1n) is 9.20. The quantitative estimate of drug-likeness (QED) is 0.578. The molecule has 3 N–H and O–H groups in total. The van der Waals surface area contributed by atoms with Crippen LogP contribution in [0.2, 0.25) is 0 Å². The molecule has 1 saturated carbocycles. The highest BCUT2D eigenvalue weighted by Gasteiger charge is 2.30. The number of rotatable bonds is 8. The number of benzene rings is 1. The summed E-state index contributed by atoms with van der Waals surface area (Å²) in [4.78, 5) is 0. The molecule has 0 spiro atoms. The number of nitrogens with zero attached hydrogens (tertiary/aromatic N) is 4. The maximum atomic E-state index is 9.50. The second kappa shape index (κ2) is 7.29. The van der Waals surface area contributed by atoms with E-state index in [-0.39, 0.29) is 12.6 Å². The molecule has 1 aliphatic rings. The zero-order valence-electron chi connectivity index (χ0n) is 14.9. The number of anilines is 2. The molecule has 0 aliphatic heterocycles. The number of aromatic nitrogens is 4. The molecule has 0 unspecified atom stereocenters. The highest BCUT2D eigenvalue weighted by atomic mass is 16.3. The highest BCUT2D eigenvalue weighted by molar-refractivity contribution is 5.70. The van der Waals surface area contributed by atoms with Crippen molar-refractivity contribution in [1.82, 2.24) is 19.8 Å². The molecule has 1 aliphatic carbocycles. The van der Waals surface area contributed by atoms with Gasteiger partial charge in [0.05, 0.1) is 18.3 Å². The molecule has 136 valence electrons. The van der Waals surface area contributed by atoms with Crippen LogP contribution in [0.1, 0.15) is 43.5 Å². The minimum absolute atomic E-state index is 0.0252. The van der Waals surface area contributed by atoms with Gasteiger partial charge in [-0.15, -0.1) is 15.3 Å². The van der Waals surface area contributed by atoms with E-state index in [1.165, 1.54) is 5.56 Å². The molecule has 7 nitrogen and oxygen atoms in total. The summed E-state index contributed by atoms with van der Waals surface area (Å²) >= 11 is 0. The first-order valence-corrected chi connectivity index (χ1v) is 9.20. The molecule has 2 heterocycles. The van der Waals surface area contributed by atoms with E-state index in [0.717, 1.165) is 42.2 Å². The summed E-state index contributed by atoms with van der Waals surface area (Å²) in [5.74, 6) is 2.09. The summed E-state index contributed by atoms with van der Waals surface area (Å²) in [6.07, 6.45) is 3.10. The molecule has 1 aromatic carbocycles. The van der Waals surface area contributed by atoms with Gasteiger partial charge in [-0.3, -0.25) is 0 Å². The third-order valence-corrected chi connectivity index (χ3v) is 4.73. The topological polar surface area (TPSA) is 87.4 Å². The van der Waals surface area contributed by atoms with Gasteiger partial charge >= 0.3 is 0 Å². The molecule has 0 amide bonds. The highest BCUT2D eigenvalue weighted by Crippen LogP contribution is 2.39. The van der Waals surface area contributed by atoms with E-state index in [1.807, 2.05) is 35.7 Å². The molecule has 4 rings (SSSR count). The lowest BCUT2D eigenvalue weighted by Gasteiger charge is -2.16. The Hall–Kier alpha value is -2.67. The normalized spacial score (nSPS) is 15.2. The van der Waals surface area contributed by atoms with Gasteiger partial charge in [0.1, 0.15) is 5.82 Å². The number of hydrogen-bond donors (Lipinski definition) is 3. The van der Waals surface area contributed by atoms with Gasteiger partial charge < -0.3 is 15.7 Å². The number of aliphatic hydroxyl groups excluding tert-OH is 1. The maximum absolute atomic E-state index is 9.50.